The standard InChI is InChI=1S/C34H30N4O8S3/c1-45-18-10-8-17(9-11-18)38-32(40)27-21-14-22(28(27)33(38)41)29-26(21)25(30-31(47-29)37-34(42)48-30)20-4-2-3-5-23(20)46-15-24(39)36-16-6-12-19(13-7-16)49(35,43)44/h2-13,21-22,25-29H,14-15H2,1H3,(H,36,39)(H,37,42)(H2,35,43,44)/t21-,22-,25-,26?,27?,28?,29?/m1/s1. The summed E-state index contributed by atoms with van der Waals surface area (Å²) in [5, 5.41) is 8.61. The highest BCUT2D eigenvalue weighted by Gasteiger charge is 2.69. The van der Waals surface area contributed by atoms with Crippen molar-refractivity contribution in [2.24, 2.45) is 34.7 Å². The SMILES string of the molecule is COc1ccc(N2C(=O)C3C(C2=O)[C@@H]2C[C@H]3C3Sc4[nH]c(=O)sc4[C@H](c4ccccc4OCC(=O)Nc4ccc(S(N)(=O)=O)cc4)C32)cc1. The fourth-order valence-electron chi connectivity index (χ4n) is 8.29. The molecule has 12 nitrogen and oxygen atoms in total. The van der Waals surface area contributed by atoms with E-state index in [0.29, 0.717) is 22.9 Å². The van der Waals surface area contributed by atoms with Gasteiger partial charge < -0.3 is 19.8 Å². The summed E-state index contributed by atoms with van der Waals surface area (Å²) in [4.78, 5) is 58.6. The lowest BCUT2D eigenvalue weighted by Crippen LogP contribution is -2.42. The number of para-hydroxylation sites is 1. The molecule has 2 aliphatic heterocycles. The summed E-state index contributed by atoms with van der Waals surface area (Å²) < 4.78 is 34.5. The Morgan fingerprint density at radius 2 is 1.67 bits per heavy atom. The highest BCUT2D eigenvalue weighted by atomic mass is 32.2. The number of H-pyrrole nitrogens is 1. The van der Waals surface area contributed by atoms with Crippen molar-refractivity contribution in [2.75, 3.05) is 23.9 Å². The van der Waals surface area contributed by atoms with Crippen LogP contribution in [-0.4, -0.2) is 50.1 Å². The van der Waals surface area contributed by atoms with Crippen LogP contribution in [-0.2, 0) is 24.4 Å². The number of fused-ring (bicyclic) bond motifs is 9. The number of anilines is 2. The van der Waals surface area contributed by atoms with Crippen molar-refractivity contribution in [1.29, 1.82) is 0 Å². The third-order valence-corrected chi connectivity index (χ3v) is 13.7. The summed E-state index contributed by atoms with van der Waals surface area (Å²) >= 11 is 2.74. The molecule has 3 amide bonds. The second-order valence-electron chi connectivity index (χ2n) is 12.6. The van der Waals surface area contributed by atoms with Crippen LogP contribution in [0.3, 0.4) is 0 Å². The summed E-state index contributed by atoms with van der Waals surface area (Å²) in [6.07, 6.45) is 0.733. The summed E-state index contributed by atoms with van der Waals surface area (Å²) in [5.41, 5.74) is 1.70. The minimum absolute atomic E-state index is 0.0155. The molecule has 3 fully saturated rings. The Morgan fingerprint density at radius 3 is 2.37 bits per heavy atom. The van der Waals surface area contributed by atoms with Crippen LogP contribution in [0.5, 0.6) is 11.5 Å². The van der Waals surface area contributed by atoms with E-state index in [1.165, 1.54) is 29.2 Å². The minimum Gasteiger partial charge on any atom is -0.497 e. The zero-order valence-corrected chi connectivity index (χ0v) is 28.3. The van der Waals surface area contributed by atoms with Crippen molar-refractivity contribution in [3.8, 4) is 11.5 Å². The van der Waals surface area contributed by atoms with Gasteiger partial charge in [0.1, 0.15) is 11.5 Å². The molecule has 1 aromatic heterocycles. The fraction of sp³-hybridized carbons (Fsp3) is 0.294. The van der Waals surface area contributed by atoms with Gasteiger partial charge in [-0.1, -0.05) is 29.5 Å². The Hall–Kier alpha value is -4.44. The van der Waals surface area contributed by atoms with Crippen LogP contribution in [0.2, 0.25) is 0 Å². The van der Waals surface area contributed by atoms with Crippen LogP contribution in [0, 0.1) is 29.6 Å². The molecule has 4 unspecified atom stereocenters. The van der Waals surface area contributed by atoms with E-state index in [-0.39, 0.29) is 57.1 Å². The first-order valence-corrected chi connectivity index (χ1v) is 18.8. The molecule has 3 heterocycles. The molecule has 0 radical (unpaired) electrons. The van der Waals surface area contributed by atoms with E-state index in [0.717, 1.165) is 33.2 Å². The molecule has 252 valence electrons. The van der Waals surface area contributed by atoms with Crippen molar-refractivity contribution in [2.45, 2.75) is 27.5 Å². The maximum Gasteiger partial charge on any atom is 0.305 e. The Kier molecular flexibility index (Phi) is 7.70. The second-order valence-corrected chi connectivity index (χ2v) is 16.4. The number of thioether (sulfide) groups is 1. The molecule has 2 saturated carbocycles. The number of benzene rings is 3. The number of aromatic amines is 1. The topological polar surface area (TPSA) is 178 Å². The lowest BCUT2D eigenvalue weighted by atomic mass is 9.68. The number of aromatic nitrogens is 1. The number of ether oxygens (including phenoxy) is 2. The zero-order valence-electron chi connectivity index (χ0n) is 25.9. The first-order chi connectivity index (χ1) is 23.5. The Bertz CT molecular complexity index is 2170. The molecular formula is C34H30N4O8S3. The number of hydrogen-bond acceptors (Lipinski definition) is 10. The fourth-order valence-corrected chi connectivity index (χ4v) is 11.7. The normalized spacial score (nSPS) is 26.7. The number of methoxy groups -OCH3 is 1. The lowest BCUT2D eigenvalue weighted by molar-refractivity contribution is -0.123. The number of carbonyl (C=O) groups is 3. The van der Waals surface area contributed by atoms with Crippen molar-refractivity contribution < 1.29 is 32.3 Å². The van der Waals surface area contributed by atoms with Gasteiger partial charge in [-0.15, -0.1) is 11.8 Å². The van der Waals surface area contributed by atoms with Crippen LogP contribution in [0.15, 0.2) is 87.5 Å². The van der Waals surface area contributed by atoms with Gasteiger partial charge in [-0.2, -0.15) is 0 Å². The first kappa shape index (κ1) is 31.8. The molecule has 4 aliphatic rings. The van der Waals surface area contributed by atoms with Crippen molar-refractivity contribution in [3.05, 3.63) is 92.9 Å². The van der Waals surface area contributed by atoms with E-state index in [9.17, 15) is 27.6 Å². The third-order valence-electron chi connectivity index (χ3n) is 10.1. The molecule has 2 aliphatic carbocycles. The molecular weight excluding hydrogens is 689 g/mol. The Balaban J connectivity index is 1.08. The van der Waals surface area contributed by atoms with Gasteiger partial charge in [-0.05, 0) is 78.8 Å². The average Bonchev–Trinajstić information content (AvgIpc) is 3.82. The number of nitrogens with one attached hydrogen (secondary N) is 2. The molecule has 1 saturated heterocycles. The van der Waals surface area contributed by atoms with Gasteiger partial charge in [0.2, 0.25) is 21.8 Å². The van der Waals surface area contributed by atoms with Crippen LogP contribution >= 0.6 is 23.1 Å². The monoisotopic (exact) mass is 718 g/mol. The van der Waals surface area contributed by atoms with E-state index in [2.05, 4.69) is 10.3 Å². The number of primary sulfonamides is 1. The predicted molar refractivity (Wildman–Crippen MR) is 182 cm³/mol. The molecule has 49 heavy (non-hydrogen) atoms. The summed E-state index contributed by atoms with van der Waals surface area (Å²) in [5.74, 6) is -1.15. The Labute approximate surface area is 289 Å². The summed E-state index contributed by atoms with van der Waals surface area (Å²) in [6.45, 7) is -0.333. The molecule has 15 heteroatoms. The quantitative estimate of drug-likeness (QED) is 0.229. The third kappa shape index (κ3) is 5.26. The number of carbonyl (C=O) groups excluding carboxylic acids is 3. The van der Waals surface area contributed by atoms with E-state index < -0.39 is 27.8 Å². The van der Waals surface area contributed by atoms with Gasteiger partial charge in [-0.3, -0.25) is 24.1 Å². The van der Waals surface area contributed by atoms with Crippen LogP contribution in [0.1, 0.15) is 22.8 Å². The number of amides is 3. The first-order valence-electron chi connectivity index (χ1n) is 15.6. The van der Waals surface area contributed by atoms with E-state index >= 15 is 0 Å². The molecule has 4 N–H and O–H groups in total. The highest BCUT2D eigenvalue weighted by molar-refractivity contribution is 8.00. The minimum atomic E-state index is -3.87. The highest BCUT2D eigenvalue weighted by Crippen LogP contribution is 2.69. The average molecular weight is 719 g/mol. The van der Waals surface area contributed by atoms with Gasteiger partial charge in [0, 0.05) is 27.3 Å². The molecule has 0 spiro atoms. The summed E-state index contributed by atoms with van der Waals surface area (Å²) in [6, 6.07) is 19.8. The van der Waals surface area contributed by atoms with E-state index in [1.807, 2.05) is 12.1 Å². The maximum atomic E-state index is 14.1. The summed E-state index contributed by atoms with van der Waals surface area (Å²) in [7, 11) is -2.31. The Morgan fingerprint density at radius 1 is 0.980 bits per heavy atom. The number of imide groups is 1. The van der Waals surface area contributed by atoms with Gasteiger partial charge in [-0.25, -0.2) is 13.6 Å². The zero-order chi connectivity index (χ0) is 34.2. The van der Waals surface area contributed by atoms with Crippen LogP contribution in [0.4, 0.5) is 11.4 Å². The van der Waals surface area contributed by atoms with Gasteiger partial charge in [0.15, 0.2) is 6.61 Å². The molecule has 2 bridgehead atoms. The number of thiazole rings is 1. The van der Waals surface area contributed by atoms with Crippen LogP contribution in [0.25, 0.3) is 0 Å². The van der Waals surface area contributed by atoms with E-state index in [4.69, 9.17) is 14.6 Å². The molecule has 7 atom stereocenters. The van der Waals surface area contributed by atoms with Crippen molar-refractivity contribution in [3.63, 3.8) is 0 Å². The predicted octanol–water partition coefficient (Wildman–Crippen LogP) is 3.79. The maximum absolute atomic E-state index is 14.1. The smallest absolute Gasteiger partial charge is 0.305 e. The molecule has 4 aromatic rings. The van der Waals surface area contributed by atoms with Gasteiger partial charge in [0.25, 0.3) is 5.91 Å². The largest absolute Gasteiger partial charge is 0.497 e. The van der Waals surface area contributed by atoms with Crippen LogP contribution < -0.4 is 29.7 Å². The number of nitrogens with two attached hydrogens (primary N) is 1. The number of hydrogen-bond donors (Lipinski definition) is 3. The van der Waals surface area contributed by atoms with E-state index in [1.54, 1.807) is 55.3 Å². The second kappa shape index (κ2) is 11.9. The van der Waals surface area contributed by atoms with Gasteiger partial charge in [0.05, 0.1) is 34.6 Å². The molecule has 8 rings (SSSR count). The number of rotatable bonds is 8. The number of nitrogens with zero attached hydrogens (tertiary/aromatic N) is 1. The van der Waals surface area contributed by atoms with Crippen molar-refractivity contribution in [1.82, 2.24) is 4.98 Å². The number of sulfonamides is 1. The van der Waals surface area contributed by atoms with Crippen molar-refractivity contribution >= 4 is 62.2 Å². The van der Waals surface area contributed by atoms with Gasteiger partial charge >= 0.3 is 4.87 Å². The lowest BCUT2D eigenvalue weighted by Gasteiger charge is -2.43. The molecule has 3 aromatic carbocycles.